The van der Waals surface area contributed by atoms with E-state index < -0.39 is 11.7 Å². The Balaban J connectivity index is 2.02. The van der Waals surface area contributed by atoms with Gasteiger partial charge in [-0.15, -0.1) is 0 Å². The SMILES string of the molecule is CN(C(=O)CNc1cc(Cl)cc(C(F)(F)F)c1)C1CC1. The quantitative estimate of drug-likeness (QED) is 0.925. The number of carbonyl (C=O) groups is 1. The molecule has 0 heterocycles. The number of hydrogen-bond acceptors (Lipinski definition) is 2. The lowest BCUT2D eigenvalue weighted by atomic mass is 10.2. The van der Waals surface area contributed by atoms with E-state index in [4.69, 9.17) is 11.6 Å². The molecule has 3 nitrogen and oxygen atoms in total. The summed E-state index contributed by atoms with van der Waals surface area (Å²) in [6, 6.07) is 3.43. The number of amides is 1. The summed E-state index contributed by atoms with van der Waals surface area (Å²) in [6.45, 7) is -0.0510. The summed E-state index contributed by atoms with van der Waals surface area (Å²) in [5.41, 5.74) is -0.655. The van der Waals surface area contributed by atoms with Gasteiger partial charge in [-0.25, -0.2) is 0 Å². The second kappa shape index (κ2) is 5.52. The van der Waals surface area contributed by atoms with Crippen molar-refractivity contribution >= 4 is 23.2 Å². The number of nitrogens with zero attached hydrogens (tertiary/aromatic N) is 1. The van der Waals surface area contributed by atoms with Gasteiger partial charge in [-0.2, -0.15) is 13.2 Å². The van der Waals surface area contributed by atoms with Crippen LogP contribution in [0.3, 0.4) is 0 Å². The molecule has 7 heteroatoms. The zero-order chi connectivity index (χ0) is 14.9. The Kier molecular flexibility index (Phi) is 4.13. The van der Waals surface area contributed by atoms with Crippen molar-refractivity contribution in [1.29, 1.82) is 0 Å². The summed E-state index contributed by atoms with van der Waals surface area (Å²) in [5.74, 6) is -0.152. The third-order valence-electron chi connectivity index (χ3n) is 3.16. The number of hydrogen-bond donors (Lipinski definition) is 1. The number of likely N-dealkylation sites (N-methyl/N-ethyl adjacent to an activating group) is 1. The predicted molar refractivity (Wildman–Crippen MR) is 70.7 cm³/mol. The molecule has 0 spiro atoms. The number of anilines is 1. The number of alkyl halides is 3. The lowest BCUT2D eigenvalue weighted by Gasteiger charge is -2.17. The van der Waals surface area contributed by atoms with Gasteiger partial charge in [0.15, 0.2) is 0 Å². The van der Waals surface area contributed by atoms with Crippen LogP contribution in [0.15, 0.2) is 18.2 Å². The lowest BCUT2D eigenvalue weighted by Crippen LogP contribution is -2.33. The predicted octanol–water partition coefficient (Wildman–Crippen LogP) is 3.39. The van der Waals surface area contributed by atoms with E-state index in [9.17, 15) is 18.0 Å². The van der Waals surface area contributed by atoms with Gasteiger partial charge in [0.25, 0.3) is 0 Å². The molecule has 1 aromatic rings. The summed E-state index contributed by atoms with van der Waals surface area (Å²) < 4.78 is 37.9. The smallest absolute Gasteiger partial charge is 0.376 e. The first-order valence-corrected chi connectivity index (χ1v) is 6.52. The van der Waals surface area contributed by atoms with Crippen LogP contribution in [0.25, 0.3) is 0 Å². The Morgan fingerprint density at radius 1 is 1.40 bits per heavy atom. The molecule has 0 aliphatic heterocycles. The van der Waals surface area contributed by atoms with E-state index >= 15 is 0 Å². The molecule has 0 radical (unpaired) electrons. The minimum absolute atomic E-state index is 0.0229. The summed E-state index contributed by atoms with van der Waals surface area (Å²) in [5, 5.41) is 2.66. The first kappa shape index (κ1) is 15.0. The maximum absolute atomic E-state index is 12.6. The number of nitrogens with one attached hydrogen (secondary N) is 1. The highest BCUT2D eigenvalue weighted by atomic mass is 35.5. The largest absolute Gasteiger partial charge is 0.416 e. The molecule has 0 saturated heterocycles. The van der Waals surface area contributed by atoms with Crippen LogP contribution in [0.1, 0.15) is 18.4 Å². The molecule has 0 unspecified atom stereocenters. The minimum atomic E-state index is -4.46. The van der Waals surface area contributed by atoms with Crippen molar-refractivity contribution in [1.82, 2.24) is 4.90 Å². The standard InChI is InChI=1S/C13H14ClF3N2O/c1-19(11-2-3-11)12(20)7-18-10-5-8(13(15,16)17)4-9(14)6-10/h4-6,11,18H,2-3,7H2,1H3. The molecule has 1 fully saturated rings. The second-order valence-electron chi connectivity index (χ2n) is 4.82. The van der Waals surface area contributed by atoms with Gasteiger partial charge >= 0.3 is 6.18 Å². The number of carbonyl (C=O) groups excluding carboxylic acids is 1. The van der Waals surface area contributed by atoms with Crippen molar-refractivity contribution in [3.8, 4) is 0 Å². The van der Waals surface area contributed by atoms with Crippen molar-refractivity contribution in [3.05, 3.63) is 28.8 Å². The summed E-state index contributed by atoms with van der Waals surface area (Å²) in [4.78, 5) is 13.4. The van der Waals surface area contributed by atoms with E-state index in [1.807, 2.05) is 0 Å². The Morgan fingerprint density at radius 2 is 2.05 bits per heavy atom. The number of benzene rings is 1. The van der Waals surface area contributed by atoms with Crippen LogP contribution < -0.4 is 5.32 Å². The van der Waals surface area contributed by atoms with Gasteiger partial charge in [-0.3, -0.25) is 4.79 Å². The van der Waals surface area contributed by atoms with Crippen molar-refractivity contribution in [3.63, 3.8) is 0 Å². The third-order valence-corrected chi connectivity index (χ3v) is 3.38. The van der Waals surface area contributed by atoms with E-state index in [0.717, 1.165) is 25.0 Å². The van der Waals surface area contributed by atoms with Gasteiger partial charge < -0.3 is 10.2 Å². The van der Waals surface area contributed by atoms with Gasteiger partial charge in [-0.1, -0.05) is 11.6 Å². The molecular formula is C13H14ClF3N2O. The summed E-state index contributed by atoms with van der Waals surface area (Å²) in [6.07, 6.45) is -2.49. The number of rotatable bonds is 4. The summed E-state index contributed by atoms with van der Waals surface area (Å²) >= 11 is 5.66. The lowest BCUT2D eigenvalue weighted by molar-refractivity contribution is -0.137. The number of halogens is 4. The molecular weight excluding hydrogens is 293 g/mol. The summed E-state index contributed by atoms with van der Waals surface area (Å²) in [7, 11) is 1.70. The van der Waals surface area contributed by atoms with Gasteiger partial charge in [-0.05, 0) is 31.0 Å². The molecule has 1 aliphatic rings. The fourth-order valence-corrected chi connectivity index (χ4v) is 2.06. The van der Waals surface area contributed by atoms with Crippen LogP contribution >= 0.6 is 11.6 Å². The van der Waals surface area contributed by atoms with Crippen LogP contribution in [0.4, 0.5) is 18.9 Å². The topological polar surface area (TPSA) is 32.3 Å². The molecule has 1 amide bonds. The van der Waals surface area contributed by atoms with Gasteiger partial charge in [0.2, 0.25) is 5.91 Å². The first-order valence-electron chi connectivity index (χ1n) is 6.14. The van der Waals surface area contributed by atoms with E-state index in [-0.39, 0.29) is 29.2 Å². The zero-order valence-electron chi connectivity index (χ0n) is 10.8. The maximum Gasteiger partial charge on any atom is 0.416 e. The Hall–Kier alpha value is -1.43. The molecule has 1 saturated carbocycles. The normalized spacial score (nSPS) is 15.1. The zero-order valence-corrected chi connectivity index (χ0v) is 11.6. The average molecular weight is 307 g/mol. The fourth-order valence-electron chi connectivity index (χ4n) is 1.82. The highest BCUT2D eigenvalue weighted by Gasteiger charge is 2.31. The van der Waals surface area contributed by atoms with Gasteiger partial charge in [0.1, 0.15) is 0 Å². The molecule has 1 aliphatic carbocycles. The second-order valence-corrected chi connectivity index (χ2v) is 5.25. The first-order chi connectivity index (χ1) is 9.27. The Morgan fingerprint density at radius 3 is 2.60 bits per heavy atom. The molecule has 1 N–H and O–H groups in total. The monoisotopic (exact) mass is 306 g/mol. The van der Waals surface area contributed by atoms with Crippen LogP contribution in [-0.4, -0.2) is 30.4 Å². The molecule has 0 aromatic heterocycles. The van der Waals surface area contributed by atoms with Crippen molar-refractivity contribution in [2.45, 2.75) is 25.1 Å². The molecule has 20 heavy (non-hydrogen) atoms. The van der Waals surface area contributed by atoms with Gasteiger partial charge in [0, 0.05) is 23.8 Å². The Labute approximate surface area is 119 Å². The van der Waals surface area contributed by atoms with Crippen LogP contribution in [-0.2, 0) is 11.0 Å². The highest BCUT2D eigenvalue weighted by molar-refractivity contribution is 6.30. The van der Waals surface area contributed by atoms with E-state index in [1.54, 1.807) is 11.9 Å². The molecule has 110 valence electrons. The minimum Gasteiger partial charge on any atom is -0.376 e. The van der Waals surface area contributed by atoms with Crippen LogP contribution in [0.2, 0.25) is 5.02 Å². The molecule has 0 atom stereocenters. The van der Waals surface area contributed by atoms with Crippen molar-refractivity contribution < 1.29 is 18.0 Å². The van der Waals surface area contributed by atoms with Crippen molar-refractivity contribution in [2.75, 3.05) is 18.9 Å². The highest BCUT2D eigenvalue weighted by Crippen LogP contribution is 2.33. The van der Waals surface area contributed by atoms with Crippen LogP contribution in [0, 0.1) is 0 Å². The van der Waals surface area contributed by atoms with Crippen LogP contribution in [0.5, 0.6) is 0 Å². The molecule has 2 rings (SSSR count). The van der Waals surface area contributed by atoms with E-state index in [1.165, 1.54) is 6.07 Å². The van der Waals surface area contributed by atoms with Gasteiger partial charge in [0.05, 0.1) is 12.1 Å². The molecule has 0 bridgehead atoms. The maximum atomic E-state index is 12.6. The Bertz CT molecular complexity index is 515. The molecule has 1 aromatic carbocycles. The van der Waals surface area contributed by atoms with E-state index in [2.05, 4.69) is 5.32 Å². The average Bonchev–Trinajstić information content (AvgIpc) is 3.17. The van der Waals surface area contributed by atoms with E-state index in [0.29, 0.717) is 0 Å². The fraction of sp³-hybridized carbons (Fsp3) is 0.462. The van der Waals surface area contributed by atoms with Crippen molar-refractivity contribution in [2.24, 2.45) is 0 Å². The third kappa shape index (κ3) is 3.79.